The van der Waals surface area contributed by atoms with Gasteiger partial charge in [0.15, 0.2) is 0 Å². The normalized spacial score (nSPS) is 15.8. The molecule has 3 nitrogen and oxygen atoms in total. The van der Waals surface area contributed by atoms with Crippen LogP contribution in [0.3, 0.4) is 0 Å². The van der Waals surface area contributed by atoms with E-state index in [4.69, 9.17) is 5.73 Å². The van der Waals surface area contributed by atoms with Crippen molar-refractivity contribution >= 4 is 5.91 Å². The molecule has 0 bridgehead atoms. The maximum Gasteiger partial charge on any atom is 0.248 e. The number of hydrogen-bond acceptors (Lipinski definition) is 2. The number of nitrogens with one attached hydrogen (secondary N) is 1. The molecule has 19 heavy (non-hydrogen) atoms. The summed E-state index contributed by atoms with van der Waals surface area (Å²) in [4.78, 5) is 11.0. The summed E-state index contributed by atoms with van der Waals surface area (Å²) in [6, 6.07) is 4.24. The molecule has 1 aromatic rings. The van der Waals surface area contributed by atoms with Crippen LogP contribution in [0.1, 0.15) is 48.0 Å². The highest BCUT2D eigenvalue weighted by atomic mass is 19.1. The second-order valence-corrected chi connectivity index (χ2v) is 5.29. The SMILES string of the molecule is NC(=O)c1ccc(F)c(CNCCC2CCCC2)c1. The molecule has 0 unspecified atom stereocenters. The van der Waals surface area contributed by atoms with Crippen molar-refractivity contribution in [3.8, 4) is 0 Å². The highest BCUT2D eigenvalue weighted by Gasteiger charge is 2.14. The topological polar surface area (TPSA) is 55.1 Å². The lowest BCUT2D eigenvalue weighted by Gasteiger charge is -2.10. The van der Waals surface area contributed by atoms with Gasteiger partial charge in [-0.25, -0.2) is 4.39 Å². The number of amides is 1. The van der Waals surface area contributed by atoms with E-state index in [1.807, 2.05) is 0 Å². The van der Waals surface area contributed by atoms with Crippen molar-refractivity contribution in [1.29, 1.82) is 0 Å². The predicted molar refractivity (Wildman–Crippen MR) is 73.2 cm³/mol. The molecule has 1 aliphatic rings. The lowest BCUT2D eigenvalue weighted by atomic mass is 10.0. The number of nitrogens with two attached hydrogens (primary N) is 1. The molecule has 1 fully saturated rings. The summed E-state index contributed by atoms with van der Waals surface area (Å²) in [5, 5.41) is 3.24. The first kappa shape index (κ1) is 14.0. The van der Waals surface area contributed by atoms with Crippen LogP contribution in [-0.4, -0.2) is 12.5 Å². The Hall–Kier alpha value is -1.42. The first-order valence-electron chi connectivity index (χ1n) is 6.96. The van der Waals surface area contributed by atoms with Crippen molar-refractivity contribution in [3.63, 3.8) is 0 Å². The summed E-state index contributed by atoms with van der Waals surface area (Å²) in [6.07, 6.45) is 6.50. The summed E-state index contributed by atoms with van der Waals surface area (Å²) in [6.45, 7) is 1.34. The zero-order chi connectivity index (χ0) is 13.7. The molecule has 3 N–H and O–H groups in total. The summed E-state index contributed by atoms with van der Waals surface area (Å²) in [7, 11) is 0. The Balaban J connectivity index is 1.81. The van der Waals surface area contributed by atoms with Gasteiger partial charge in [-0.2, -0.15) is 0 Å². The van der Waals surface area contributed by atoms with Gasteiger partial charge in [-0.1, -0.05) is 25.7 Å². The van der Waals surface area contributed by atoms with Gasteiger partial charge in [0, 0.05) is 17.7 Å². The molecule has 1 aromatic carbocycles. The Kier molecular flexibility index (Phi) is 4.91. The zero-order valence-electron chi connectivity index (χ0n) is 11.1. The minimum absolute atomic E-state index is 0.293. The molecule has 1 aliphatic carbocycles. The van der Waals surface area contributed by atoms with Crippen molar-refractivity contribution in [2.75, 3.05) is 6.54 Å². The number of primary amides is 1. The molecule has 0 radical (unpaired) electrons. The average Bonchev–Trinajstić information content (AvgIpc) is 2.89. The van der Waals surface area contributed by atoms with E-state index in [1.54, 1.807) is 0 Å². The quantitative estimate of drug-likeness (QED) is 0.776. The molecule has 0 heterocycles. The van der Waals surface area contributed by atoms with Crippen molar-refractivity contribution in [2.24, 2.45) is 11.7 Å². The van der Waals surface area contributed by atoms with Crippen LogP contribution in [0, 0.1) is 11.7 Å². The zero-order valence-corrected chi connectivity index (χ0v) is 11.1. The molecule has 0 aliphatic heterocycles. The van der Waals surface area contributed by atoms with E-state index in [2.05, 4.69) is 5.32 Å². The minimum atomic E-state index is -0.521. The minimum Gasteiger partial charge on any atom is -0.366 e. The first-order chi connectivity index (χ1) is 9.16. The highest BCUT2D eigenvalue weighted by molar-refractivity contribution is 5.92. The molecular weight excluding hydrogens is 243 g/mol. The van der Waals surface area contributed by atoms with E-state index in [0.717, 1.165) is 18.9 Å². The van der Waals surface area contributed by atoms with Crippen LogP contribution in [0.15, 0.2) is 18.2 Å². The van der Waals surface area contributed by atoms with E-state index in [1.165, 1.54) is 43.9 Å². The second kappa shape index (κ2) is 6.66. The number of carbonyl (C=O) groups excluding carboxylic acids is 1. The van der Waals surface area contributed by atoms with Crippen molar-refractivity contribution in [1.82, 2.24) is 5.32 Å². The van der Waals surface area contributed by atoms with Gasteiger partial charge in [-0.05, 0) is 37.1 Å². The van der Waals surface area contributed by atoms with Crippen molar-refractivity contribution < 1.29 is 9.18 Å². The Morgan fingerprint density at radius 2 is 2.11 bits per heavy atom. The van der Waals surface area contributed by atoms with E-state index >= 15 is 0 Å². The fraction of sp³-hybridized carbons (Fsp3) is 0.533. The molecule has 2 rings (SSSR count). The van der Waals surface area contributed by atoms with Gasteiger partial charge in [-0.15, -0.1) is 0 Å². The number of hydrogen-bond donors (Lipinski definition) is 2. The monoisotopic (exact) mass is 264 g/mol. The van der Waals surface area contributed by atoms with E-state index < -0.39 is 5.91 Å². The fourth-order valence-corrected chi connectivity index (χ4v) is 2.69. The Bertz CT molecular complexity index is 442. The maximum atomic E-state index is 13.6. The van der Waals surface area contributed by atoms with Gasteiger partial charge in [0.1, 0.15) is 5.82 Å². The third-order valence-corrected chi connectivity index (χ3v) is 3.85. The van der Waals surface area contributed by atoms with Gasteiger partial charge in [0.2, 0.25) is 5.91 Å². The number of rotatable bonds is 6. The Morgan fingerprint density at radius 3 is 2.79 bits per heavy atom. The highest BCUT2D eigenvalue weighted by Crippen LogP contribution is 2.26. The molecular formula is C15H21FN2O. The van der Waals surface area contributed by atoms with Crippen LogP contribution in [0.5, 0.6) is 0 Å². The molecule has 104 valence electrons. The van der Waals surface area contributed by atoms with Crippen LogP contribution in [0.25, 0.3) is 0 Å². The van der Waals surface area contributed by atoms with Crippen LogP contribution in [-0.2, 0) is 6.54 Å². The van der Waals surface area contributed by atoms with E-state index in [9.17, 15) is 9.18 Å². The second-order valence-electron chi connectivity index (χ2n) is 5.29. The smallest absolute Gasteiger partial charge is 0.248 e. The number of halogens is 1. The maximum absolute atomic E-state index is 13.6. The molecule has 1 saturated carbocycles. The van der Waals surface area contributed by atoms with Crippen LogP contribution in [0.4, 0.5) is 4.39 Å². The van der Waals surface area contributed by atoms with Crippen LogP contribution < -0.4 is 11.1 Å². The molecule has 4 heteroatoms. The van der Waals surface area contributed by atoms with Gasteiger partial charge in [0.25, 0.3) is 0 Å². The summed E-state index contributed by atoms with van der Waals surface area (Å²) < 4.78 is 13.6. The number of carbonyl (C=O) groups is 1. The standard InChI is InChI=1S/C15H21FN2O/c16-14-6-5-12(15(17)19)9-13(14)10-18-8-7-11-3-1-2-4-11/h5-6,9,11,18H,1-4,7-8,10H2,(H2,17,19). The van der Waals surface area contributed by atoms with Crippen molar-refractivity contribution in [2.45, 2.75) is 38.6 Å². The Labute approximate surface area is 113 Å². The lowest BCUT2D eigenvalue weighted by Crippen LogP contribution is -2.19. The molecule has 1 amide bonds. The van der Waals surface area contributed by atoms with Crippen molar-refractivity contribution in [3.05, 3.63) is 35.1 Å². The summed E-state index contributed by atoms with van der Waals surface area (Å²) in [5.74, 6) is 0.0138. The van der Waals surface area contributed by atoms with Gasteiger partial charge < -0.3 is 11.1 Å². The third kappa shape index (κ3) is 4.03. The van der Waals surface area contributed by atoms with E-state index in [0.29, 0.717) is 17.7 Å². The van der Waals surface area contributed by atoms with E-state index in [-0.39, 0.29) is 5.82 Å². The molecule has 0 spiro atoms. The lowest BCUT2D eigenvalue weighted by molar-refractivity contribution is 0.1000. The van der Waals surface area contributed by atoms with Gasteiger partial charge in [-0.3, -0.25) is 4.79 Å². The largest absolute Gasteiger partial charge is 0.366 e. The average molecular weight is 264 g/mol. The number of benzene rings is 1. The Morgan fingerprint density at radius 1 is 1.37 bits per heavy atom. The van der Waals surface area contributed by atoms with Crippen LogP contribution in [0.2, 0.25) is 0 Å². The first-order valence-corrected chi connectivity index (χ1v) is 6.96. The third-order valence-electron chi connectivity index (χ3n) is 3.85. The van der Waals surface area contributed by atoms with Gasteiger partial charge >= 0.3 is 0 Å². The van der Waals surface area contributed by atoms with Crippen LogP contribution >= 0.6 is 0 Å². The summed E-state index contributed by atoms with van der Waals surface area (Å²) in [5.41, 5.74) is 6.05. The predicted octanol–water partition coefficient (Wildman–Crippen LogP) is 2.59. The molecule has 0 saturated heterocycles. The fourth-order valence-electron chi connectivity index (χ4n) is 2.69. The summed E-state index contributed by atoms with van der Waals surface area (Å²) >= 11 is 0. The molecule has 0 aromatic heterocycles. The van der Waals surface area contributed by atoms with Gasteiger partial charge in [0.05, 0.1) is 0 Å². The molecule has 0 atom stereocenters.